The van der Waals surface area contributed by atoms with Crippen LogP contribution in [0.3, 0.4) is 0 Å². The zero-order valence-electron chi connectivity index (χ0n) is 11.2. The second-order valence-corrected chi connectivity index (χ2v) is 5.17. The van der Waals surface area contributed by atoms with Crippen LogP contribution in [0.4, 0.5) is 5.69 Å². The molecule has 6 nitrogen and oxygen atoms in total. The van der Waals surface area contributed by atoms with Gasteiger partial charge in [0.15, 0.2) is 0 Å². The zero-order chi connectivity index (χ0) is 14.1. The van der Waals surface area contributed by atoms with Crippen LogP contribution in [0.1, 0.15) is 23.4 Å². The van der Waals surface area contributed by atoms with Crippen molar-refractivity contribution in [1.82, 2.24) is 15.4 Å². The molecule has 0 radical (unpaired) electrons. The normalized spacial score (nSPS) is 17.6. The number of hydrogen-bond acceptors (Lipinski definition) is 4. The summed E-state index contributed by atoms with van der Waals surface area (Å²) in [5.74, 6) is -0.123. The van der Waals surface area contributed by atoms with Gasteiger partial charge in [-0.05, 0) is 37.5 Å². The lowest BCUT2D eigenvalue weighted by molar-refractivity contribution is -0.120. The highest BCUT2D eigenvalue weighted by Gasteiger charge is 2.27. The highest BCUT2D eigenvalue weighted by molar-refractivity contribution is 5.94. The monoisotopic (exact) mass is 272 g/mol. The van der Waals surface area contributed by atoms with E-state index in [1.807, 2.05) is 13.0 Å². The Morgan fingerprint density at radius 3 is 3.00 bits per heavy atom. The van der Waals surface area contributed by atoms with Gasteiger partial charge in [0.25, 0.3) is 0 Å². The molecule has 3 N–H and O–H groups in total. The number of aromatic amines is 1. The number of phenols is 1. The van der Waals surface area contributed by atoms with Gasteiger partial charge in [-0.1, -0.05) is 6.07 Å². The van der Waals surface area contributed by atoms with Crippen molar-refractivity contribution in [2.45, 2.75) is 26.2 Å². The maximum absolute atomic E-state index is 12.3. The number of hydrogen-bond donors (Lipinski definition) is 3. The minimum Gasteiger partial charge on any atom is -0.506 e. The topological polar surface area (TPSA) is 90.9 Å². The maximum Gasteiger partial charge on any atom is 0.227 e. The molecule has 20 heavy (non-hydrogen) atoms. The molecule has 2 aromatic rings. The smallest absolute Gasteiger partial charge is 0.227 e. The predicted molar refractivity (Wildman–Crippen MR) is 73.4 cm³/mol. The molecule has 3 rings (SSSR count). The number of nitrogens with one attached hydrogen (secondary N) is 2. The van der Waals surface area contributed by atoms with Crippen LogP contribution >= 0.6 is 0 Å². The SMILES string of the molecule is Cc1ccc(NC(=O)C2CCc3n[nH]nc3C2)c(O)c1. The van der Waals surface area contributed by atoms with E-state index in [-0.39, 0.29) is 17.6 Å². The van der Waals surface area contributed by atoms with Crippen molar-refractivity contribution < 1.29 is 9.90 Å². The van der Waals surface area contributed by atoms with Crippen molar-refractivity contribution in [2.24, 2.45) is 5.92 Å². The van der Waals surface area contributed by atoms with E-state index >= 15 is 0 Å². The number of carbonyl (C=O) groups is 1. The van der Waals surface area contributed by atoms with E-state index in [0.29, 0.717) is 12.1 Å². The number of carbonyl (C=O) groups excluding carboxylic acids is 1. The Bertz CT molecular complexity index is 650. The number of H-pyrrole nitrogens is 1. The van der Waals surface area contributed by atoms with Crippen LogP contribution in [0.15, 0.2) is 18.2 Å². The summed E-state index contributed by atoms with van der Waals surface area (Å²) in [6.07, 6.45) is 2.09. The van der Waals surface area contributed by atoms with Gasteiger partial charge in [0.2, 0.25) is 5.91 Å². The van der Waals surface area contributed by atoms with E-state index < -0.39 is 0 Å². The van der Waals surface area contributed by atoms with Crippen molar-refractivity contribution in [2.75, 3.05) is 5.32 Å². The fourth-order valence-corrected chi connectivity index (χ4v) is 2.49. The van der Waals surface area contributed by atoms with E-state index in [1.165, 1.54) is 0 Å². The number of aromatic nitrogens is 3. The summed E-state index contributed by atoms with van der Waals surface area (Å²) >= 11 is 0. The highest BCUT2D eigenvalue weighted by Crippen LogP contribution is 2.27. The summed E-state index contributed by atoms with van der Waals surface area (Å²) in [6.45, 7) is 1.89. The lowest BCUT2D eigenvalue weighted by atomic mass is 9.89. The minimum absolute atomic E-state index is 0.0854. The molecule has 6 heteroatoms. The molecule has 0 fully saturated rings. The lowest BCUT2D eigenvalue weighted by Crippen LogP contribution is -2.28. The standard InChI is InChI=1S/C14H16N4O2/c1-8-2-4-11(13(19)6-8)15-14(20)9-3-5-10-12(7-9)17-18-16-10/h2,4,6,9,19H,3,5,7H2,1H3,(H,15,20)(H,16,17,18). The number of nitrogens with zero attached hydrogens (tertiary/aromatic N) is 2. The van der Waals surface area contributed by atoms with Crippen LogP contribution in [-0.4, -0.2) is 26.4 Å². The average molecular weight is 272 g/mol. The summed E-state index contributed by atoms with van der Waals surface area (Å²) in [4.78, 5) is 12.3. The number of benzene rings is 1. The predicted octanol–water partition coefficient (Wildman–Crippen LogP) is 1.56. The average Bonchev–Trinajstić information content (AvgIpc) is 2.89. The number of amides is 1. The van der Waals surface area contributed by atoms with E-state index in [9.17, 15) is 9.90 Å². The van der Waals surface area contributed by atoms with Crippen molar-refractivity contribution in [3.8, 4) is 5.75 Å². The first-order chi connectivity index (χ1) is 9.63. The third kappa shape index (κ3) is 2.36. The molecule has 1 aromatic carbocycles. The van der Waals surface area contributed by atoms with Crippen LogP contribution in [0.5, 0.6) is 5.75 Å². The van der Waals surface area contributed by atoms with Crippen LogP contribution in [-0.2, 0) is 17.6 Å². The number of aryl methyl sites for hydroxylation is 2. The summed E-state index contributed by atoms with van der Waals surface area (Å²) < 4.78 is 0. The lowest BCUT2D eigenvalue weighted by Gasteiger charge is -2.20. The molecule has 0 spiro atoms. The van der Waals surface area contributed by atoms with E-state index in [4.69, 9.17) is 0 Å². The fourth-order valence-electron chi connectivity index (χ4n) is 2.49. The summed E-state index contributed by atoms with van der Waals surface area (Å²) in [5.41, 5.74) is 3.22. The quantitative estimate of drug-likeness (QED) is 0.724. The minimum atomic E-state index is -0.131. The van der Waals surface area contributed by atoms with Crippen molar-refractivity contribution in [1.29, 1.82) is 0 Å². The molecular formula is C14H16N4O2. The Hall–Kier alpha value is -2.37. The molecule has 0 bridgehead atoms. The molecule has 1 aliphatic rings. The van der Waals surface area contributed by atoms with Gasteiger partial charge in [-0.2, -0.15) is 15.4 Å². The zero-order valence-corrected chi connectivity index (χ0v) is 11.2. The first-order valence-corrected chi connectivity index (χ1v) is 6.62. The molecule has 0 saturated carbocycles. The Labute approximate surface area is 116 Å². The molecular weight excluding hydrogens is 256 g/mol. The number of aromatic hydroxyl groups is 1. The van der Waals surface area contributed by atoms with Gasteiger partial charge in [-0.3, -0.25) is 4.79 Å². The summed E-state index contributed by atoms with van der Waals surface area (Å²) in [6, 6.07) is 5.20. The molecule has 1 amide bonds. The Balaban J connectivity index is 1.71. The first-order valence-electron chi connectivity index (χ1n) is 6.62. The van der Waals surface area contributed by atoms with Gasteiger partial charge in [-0.25, -0.2) is 0 Å². The van der Waals surface area contributed by atoms with Crippen molar-refractivity contribution >= 4 is 11.6 Å². The van der Waals surface area contributed by atoms with Crippen LogP contribution in [0.25, 0.3) is 0 Å². The van der Waals surface area contributed by atoms with Crippen LogP contribution in [0.2, 0.25) is 0 Å². The van der Waals surface area contributed by atoms with Crippen LogP contribution < -0.4 is 5.32 Å². The van der Waals surface area contributed by atoms with Crippen LogP contribution in [0, 0.1) is 12.8 Å². The van der Waals surface area contributed by atoms with Gasteiger partial charge in [0.1, 0.15) is 5.75 Å². The van der Waals surface area contributed by atoms with E-state index in [0.717, 1.165) is 29.8 Å². The molecule has 0 saturated heterocycles. The summed E-state index contributed by atoms with van der Waals surface area (Å²) in [7, 11) is 0. The first kappa shape index (κ1) is 12.7. The molecule has 104 valence electrons. The maximum atomic E-state index is 12.3. The van der Waals surface area contributed by atoms with Gasteiger partial charge >= 0.3 is 0 Å². The fraction of sp³-hybridized carbons (Fsp3) is 0.357. The van der Waals surface area contributed by atoms with E-state index in [1.54, 1.807) is 12.1 Å². The van der Waals surface area contributed by atoms with E-state index in [2.05, 4.69) is 20.7 Å². The molecule has 0 aliphatic heterocycles. The third-order valence-corrected chi connectivity index (χ3v) is 3.65. The molecule has 1 aliphatic carbocycles. The molecule has 1 atom stereocenters. The van der Waals surface area contributed by atoms with Gasteiger partial charge in [0.05, 0.1) is 17.1 Å². The molecule has 1 unspecified atom stereocenters. The Morgan fingerprint density at radius 1 is 1.40 bits per heavy atom. The summed E-state index contributed by atoms with van der Waals surface area (Å²) in [5, 5.41) is 23.3. The Kier molecular flexibility index (Phi) is 3.14. The number of fused-ring (bicyclic) bond motifs is 1. The van der Waals surface area contributed by atoms with Crippen molar-refractivity contribution in [3.05, 3.63) is 35.2 Å². The number of rotatable bonds is 2. The number of phenolic OH excluding ortho intramolecular Hbond substituents is 1. The third-order valence-electron chi connectivity index (χ3n) is 3.65. The molecule has 1 heterocycles. The molecule has 1 aromatic heterocycles. The second-order valence-electron chi connectivity index (χ2n) is 5.17. The van der Waals surface area contributed by atoms with Gasteiger partial charge in [0, 0.05) is 12.3 Å². The second kappa shape index (κ2) is 4.96. The van der Waals surface area contributed by atoms with Crippen molar-refractivity contribution in [3.63, 3.8) is 0 Å². The Morgan fingerprint density at radius 2 is 2.20 bits per heavy atom. The van der Waals surface area contributed by atoms with Gasteiger partial charge < -0.3 is 10.4 Å². The largest absolute Gasteiger partial charge is 0.506 e. The highest BCUT2D eigenvalue weighted by atomic mass is 16.3. The van der Waals surface area contributed by atoms with Gasteiger partial charge in [-0.15, -0.1) is 0 Å². The number of anilines is 1.